The fourth-order valence-corrected chi connectivity index (χ4v) is 0. The number of hydrogen-bond donors (Lipinski definition) is 0. The molecule has 0 saturated carbocycles. The topological polar surface area (TPSA) is 0 Å². The van der Waals surface area contributed by atoms with Gasteiger partial charge < -0.3 is 0 Å². The Balaban J connectivity index is 0. The molecule has 0 atom stereocenters. The molecule has 0 saturated heterocycles. The summed E-state index contributed by atoms with van der Waals surface area (Å²) in [4.78, 5) is 0. The molecule has 16 heavy (non-hydrogen) atoms. The molecule has 0 aliphatic carbocycles. The third-order valence-electron chi connectivity index (χ3n) is 0.643. The van der Waals surface area contributed by atoms with Gasteiger partial charge in [0.05, 0.1) is 0 Å². The Bertz CT molecular complexity index is 159. The van der Waals surface area contributed by atoms with Crippen molar-refractivity contribution in [3.8, 4) is 0 Å². The van der Waals surface area contributed by atoms with Crippen molar-refractivity contribution < 1.29 is 22.0 Å². The van der Waals surface area contributed by atoms with Crippen LogP contribution in [0, 0.1) is 0 Å². The summed E-state index contributed by atoms with van der Waals surface area (Å²) in [6, 6.07) is 0. The quantitative estimate of drug-likeness (QED) is 0.345. The minimum atomic E-state index is -4.77. The first-order valence-corrected chi connectivity index (χ1v) is 5.41. The van der Waals surface area contributed by atoms with E-state index in [0.717, 1.165) is 0 Å². The molecule has 0 spiro atoms. The van der Waals surface area contributed by atoms with Crippen LogP contribution in [0.15, 0.2) is 0 Å². The van der Waals surface area contributed by atoms with Crippen LogP contribution < -0.4 is 0 Å². The summed E-state index contributed by atoms with van der Waals surface area (Å²) in [5.74, 6) is 0. The van der Waals surface area contributed by atoms with Crippen molar-refractivity contribution in [1.82, 2.24) is 0 Å². The Morgan fingerprint density at radius 1 is 0.500 bits per heavy atom. The summed E-state index contributed by atoms with van der Waals surface area (Å²) in [5, 5.41) is -3.79. The van der Waals surface area contributed by atoms with E-state index in [9.17, 15) is 22.0 Å². The van der Waals surface area contributed by atoms with Gasteiger partial charge in [-0.25, -0.2) is 0 Å². The Kier molecular flexibility index (Phi) is 7.78. The molecular formula is C4Cl7F5. The van der Waals surface area contributed by atoms with Gasteiger partial charge in [-0.05, 0) is 11.6 Å². The van der Waals surface area contributed by atoms with Crippen molar-refractivity contribution in [1.29, 1.82) is 0 Å². The van der Waals surface area contributed by atoms with Crippen LogP contribution in [-0.4, -0.2) is 19.1 Å². The first-order valence-electron chi connectivity index (χ1n) is 2.77. The minimum Gasteiger partial charge on any atom is -0.183 e. The molecular weight excluding hydrogens is 391 g/mol. The third kappa shape index (κ3) is 8.72. The summed E-state index contributed by atoms with van der Waals surface area (Å²) in [6.07, 6.45) is -4.77. The van der Waals surface area contributed by atoms with Crippen molar-refractivity contribution in [2.45, 2.75) is 19.1 Å². The highest BCUT2D eigenvalue weighted by molar-refractivity contribution is 6.70. The highest BCUT2D eigenvalue weighted by Gasteiger charge is 2.51. The van der Waals surface area contributed by atoms with E-state index in [1.807, 2.05) is 0 Å². The van der Waals surface area contributed by atoms with Crippen LogP contribution in [0.1, 0.15) is 0 Å². The zero-order valence-corrected chi connectivity index (χ0v) is 11.8. The predicted octanol–water partition coefficient (Wildman–Crippen LogP) is 6.11. The van der Waals surface area contributed by atoms with Crippen LogP contribution in [0.5, 0.6) is 0 Å². The van der Waals surface area contributed by atoms with Gasteiger partial charge in [-0.2, -0.15) is 22.0 Å². The average molecular weight is 391 g/mol. The van der Waals surface area contributed by atoms with Crippen molar-refractivity contribution in [2.75, 3.05) is 0 Å². The molecule has 0 radical (unpaired) electrons. The second kappa shape index (κ2) is 6.22. The first-order chi connectivity index (χ1) is 6.50. The Labute approximate surface area is 122 Å². The lowest BCUT2D eigenvalue weighted by molar-refractivity contribution is -0.124. The maximum atomic E-state index is 11.6. The summed E-state index contributed by atoms with van der Waals surface area (Å²) in [5.41, 5.74) is 0. The number of halogens is 12. The van der Waals surface area contributed by atoms with Crippen LogP contribution in [0.3, 0.4) is 0 Å². The Hall–Kier alpha value is 1.68. The van der Waals surface area contributed by atoms with Crippen molar-refractivity contribution in [2.24, 2.45) is 0 Å². The Morgan fingerprint density at radius 2 is 0.625 bits per heavy atom. The Morgan fingerprint density at radius 3 is 0.625 bits per heavy atom. The van der Waals surface area contributed by atoms with Gasteiger partial charge in [0, 0.05) is 0 Å². The normalized spacial score (nSPS) is 14.2. The first kappa shape index (κ1) is 20.0. The van der Waals surface area contributed by atoms with E-state index >= 15 is 0 Å². The highest BCUT2D eigenvalue weighted by Crippen LogP contribution is 2.44. The van der Waals surface area contributed by atoms with E-state index in [1.165, 1.54) is 0 Å². The van der Waals surface area contributed by atoms with Gasteiger partial charge in [0.25, 0.3) is 7.59 Å². The largest absolute Gasteiger partial charge is 0.435 e. The average Bonchev–Trinajstić information content (AvgIpc) is 1.77. The second-order valence-corrected chi connectivity index (χ2v) is 7.03. The van der Waals surface area contributed by atoms with E-state index in [1.54, 1.807) is 0 Å². The number of alkyl halides is 12. The van der Waals surface area contributed by atoms with Gasteiger partial charge in [0.2, 0.25) is 0 Å². The zero-order chi connectivity index (χ0) is 14.0. The third-order valence-corrected chi connectivity index (χ3v) is 2.57. The molecule has 100 valence electrons. The second-order valence-electron chi connectivity index (χ2n) is 1.99. The molecule has 0 amide bonds. The van der Waals surface area contributed by atoms with Crippen molar-refractivity contribution in [3.05, 3.63) is 0 Å². The maximum absolute atomic E-state index is 11.6. The molecule has 0 rings (SSSR count). The predicted molar refractivity (Wildman–Crippen MR) is 57.4 cm³/mol. The molecule has 12 heteroatoms. The number of hydrogen-bond acceptors (Lipinski definition) is 0. The van der Waals surface area contributed by atoms with Crippen LogP contribution >= 0.6 is 81.2 Å². The zero-order valence-electron chi connectivity index (χ0n) is 6.54. The summed E-state index contributed by atoms with van der Waals surface area (Å²) in [6.45, 7) is 0. The van der Waals surface area contributed by atoms with E-state index in [-0.39, 0.29) is 0 Å². The molecule has 0 aromatic heterocycles. The molecule has 0 heterocycles. The molecule has 0 N–H and O–H groups in total. The minimum absolute atomic E-state index is 2.71. The van der Waals surface area contributed by atoms with E-state index < -0.39 is 19.1 Å². The van der Waals surface area contributed by atoms with Crippen LogP contribution in [-0.2, 0) is 0 Å². The fraction of sp³-hybridized carbons (Fsp3) is 1.00. The lowest BCUT2D eigenvalue weighted by Crippen LogP contribution is -2.27. The molecule has 0 nitrogen and oxygen atoms in total. The molecule has 0 aromatic rings. The lowest BCUT2D eigenvalue weighted by Gasteiger charge is -2.15. The monoisotopic (exact) mass is 388 g/mol. The summed E-state index contributed by atoms with van der Waals surface area (Å²) < 4.78 is 50.8. The maximum Gasteiger partial charge on any atom is 0.435 e. The van der Waals surface area contributed by atoms with E-state index in [4.69, 9.17) is 0 Å². The highest BCUT2D eigenvalue weighted by atomic mass is 35.6. The summed E-state index contributed by atoms with van der Waals surface area (Å²) >= 11 is 31.5. The number of rotatable bonds is 0. The SMILES string of the molecule is FC(F)(Cl)C(Cl)(Cl)Cl.FC(F)(F)C(Cl)(Cl)Cl. The van der Waals surface area contributed by atoms with E-state index in [2.05, 4.69) is 81.2 Å². The van der Waals surface area contributed by atoms with Crippen LogP contribution in [0.4, 0.5) is 22.0 Å². The van der Waals surface area contributed by atoms with Gasteiger partial charge in [-0.1, -0.05) is 69.6 Å². The standard InChI is InChI=1S/C2Cl4F2.C2Cl3F3/c2*3-1(4,5)2(6,7)8. The molecule has 0 unspecified atom stereocenters. The van der Waals surface area contributed by atoms with Gasteiger partial charge >= 0.3 is 11.6 Å². The lowest BCUT2D eigenvalue weighted by atomic mass is 10.8. The van der Waals surface area contributed by atoms with E-state index in [0.29, 0.717) is 0 Å². The van der Waals surface area contributed by atoms with Gasteiger partial charge in [0.15, 0.2) is 0 Å². The molecule has 0 aliphatic rings. The van der Waals surface area contributed by atoms with Crippen LogP contribution in [0.25, 0.3) is 0 Å². The molecule has 0 fully saturated rings. The molecule has 0 aromatic carbocycles. The van der Waals surface area contributed by atoms with Crippen molar-refractivity contribution in [3.63, 3.8) is 0 Å². The molecule has 0 aliphatic heterocycles. The van der Waals surface area contributed by atoms with Crippen LogP contribution in [0.2, 0.25) is 0 Å². The van der Waals surface area contributed by atoms with Crippen molar-refractivity contribution >= 4 is 81.2 Å². The van der Waals surface area contributed by atoms with Gasteiger partial charge in [-0.3, -0.25) is 0 Å². The smallest absolute Gasteiger partial charge is 0.183 e. The fourth-order valence-electron chi connectivity index (χ4n) is 0. The summed E-state index contributed by atoms with van der Waals surface area (Å²) in [7, 11) is 0. The van der Waals surface area contributed by atoms with Gasteiger partial charge in [-0.15, -0.1) is 0 Å². The molecule has 0 bridgehead atoms. The van der Waals surface area contributed by atoms with Gasteiger partial charge in [0.1, 0.15) is 0 Å².